The lowest BCUT2D eigenvalue weighted by Crippen LogP contribution is -2.34. The Morgan fingerprint density at radius 1 is 1.33 bits per heavy atom. The van der Waals surface area contributed by atoms with Crippen molar-refractivity contribution in [2.75, 3.05) is 31.8 Å². The van der Waals surface area contributed by atoms with Crippen LogP contribution in [-0.2, 0) is 16.0 Å². The molecule has 1 fully saturated rings. The van der Waals surface area contributed by atoms with Crippen LogP contribution in [-0.4, -0.2) is 59.8 Å². The van der Waals surface area contributed by atoms with Crippen LogP contribution < -0.4 is 0 Å². The number of hydrogen-bond acceptors (Lipinski definition) is 4. The monoisotopic (exact) mass is 395 g/mol. The van der Waals surface area contributed by atoms with Crippen molar-refractivity contribution in [2.24, 2.45) is 0 Å². The van der Waals surface area contributed by atoms with E-state index in [2.05, 4.69) is 0 Å². The van der Waals surface area contributed by atoms with Crippen molar-refractivity contribution in [3.8, 4) is 0 Å². The number of carbonyl (C=O) groups is 1. The van der Waals surface area contributed by atoms with Gasteiger partial charge in [-0.3, -0.25) is 4.79 Å². The number of halogens is 1. The van der Waals surface area contributed by atoms with Crippen LogP contribution in [0.3, 0.4) is 0 Å². The minimum Gasteiger partial charge on any atom is -0.389 e. The van der Waals surface area contributed by atoms with E-state index in [-0.39, 0.29) is 17.8 Å². The molecule has 0 bridgehead atoms. The summed E-state index contributed by atoms with van der Waals surface area (Å²) < 4.78 is 18.0. The van der Waals surface area contributed by atoms with Crippen molar-refractivity contribution in [3.63, 3.8) is 0 Å². The summed E-state index contributed by atoms with van der Waals surface area (Å²) in [5.74, 6) is 1.93. The number of unbranched alkanes of at least 4 members (excludes halogenated alkanes) is 1. The van der Waals surface area contributed by atoms with Gasteiger partial charge in [0.2, 0.25) is 5.91 Å². The van der Waals surface area contributed by atoms with Crippen LogP contribution in [0.1, 0.15) is 31.2 Å². The number of thioether (sulfide) groups is 1. The van der Waals surface area contributed by atoms with E-state index in [0.717, 1.165) is 49.5 Å². The molecule has 1 aromatic carbocycles. The Hall–Kier alpha value is -1.37. The molecule has 0 aliphatic carbocycles. The van der Waals surface area contributed by atoms with Crippen LogP contribution in [0.4, 0.5) is 4.39 Å². The molecule has 1 aliphatic heterocycles. The molecule has 1 heterocycles. The minimum absolute atomic E-state index is 0.0643. The quantitative estimate of drug-likeness (QED) is 0.435. The number of ether oxygens (including phenoxy) is 1. The Morgan fingerprint density at radius 3 is 2.85 bits per heavy atom. The fourth-order valence-electron chi connectivity index (χ4n) is 3.15. The molecule has 1 saturated heterocycles. The van der Waals surface area contributed by atoms with E-state index >= 15 is 0 Å². The van der Waals surface area contributed by atoms with Crippen molar-refractivity contribution in [3.05, 3.63) is 47.8 Å². The number of rotatable bonds is 12. The van der Waals surface area contributed by atoms with Crippen LogP contribution >= 0.6 is 11.8 Å². The molecular formula is C21H30FNO3S. The second kappa shape index (κ2) is 12.2. The molecule has 6 heteroatoms. The van der Waals surface area contributed by atoms with Gasteiger partial charge in [-0.1, -0.05) is 24.3 Å². The third kappa shape index (κ3) is 8.03. The molecule has 0 saturated carbocycles. The predicted molar refractivity (Wildman–Crippen MR) is 108 cm³/mol. The normalized spacial score (nSPS) is 18.6. The molecule has 150 valence electrons. The number of nitrogens with zero attached hydrogens (tertiary/aromatic N) is 1. The summed E-state index contributed by atoms with van der Waals surface area (Å²) in [7, 11) is 1.72. The third-order valence-electron chi connectivity index (χ3n) is 4.65. The number of aliphatic hydroxyl groups is 1. The van der Waals surface area contributed by atoms with Gasteiger partial charge < -0.3 is 14.7 Å². The molecule has 4 nitrogen and oxygen atoms in total. The van der Waals surface area contributed by atoms with Crippen LogP contribution in [0.2, 0.25) is 0 Å². The predicted octanol–water partition coefficient (Wildman–Crippen LogP) is 3.44. The van der Waals surface area contributed by atoms with Crippen molar-refractivity contribution in [1.29, 1.82) is 0 Å². The van der Waals surface area contributed by atoms with Crippen molar-refractivity contribution >= 4 is 17.7 Å². The van der Waals surface area contributed by atoms with Gasteiger partial charge in [-0.15, -0.1) is 0 Å². The molecule has 1 N–H and O–H groups in total. The lowest BCUT2D eigenvalue weighted by Gasteiger charge is -2.22. The summed E-state index contributed by atoms with van der Waals surface area (Å²) in [6.45, 7) is 1.55. The first-order chi connectivity index (χ1) is 13.1. The van der Waals surface area contributed by atoms with Crippen molar-refractivity contribution < 1.29 is 19.0 Å². The second-order valence-electron chi connectivity index (χ2n) is 6.79. The number of methoxy groups -OCH3 is 1. The molecule has 0 radical (unpaired) electrons. The summed E-state index contributed by atoms with van der Waals surface area (Å²) in [6.07, 6.45) is 7.09. The molecule has 2 rings (SSSR count). The summed E-state index contributed by atoms with van der Waals surface area (Å²) >= 11 is 1.87. The zero-order valence-corrected chi connectivity index (χ0v) is 16.8. The number of aliphatic hydroxyl groups excluding tert-OH is 1. The molecule has 1 amide bonds. The maximum absolute atomic E-state index is 12.9. The molecule has 27 heavy (non-hydrogen) atoms. The molecule has 1 aliphatic rings. The van der Waals surface area contributed by atoms with Crippen LogP contribution in [0.5, 0.6) is 0 Å². The lowest BCUT2D eigenvalue weighted by molar-refractivity contribution is -0.128. The SMILES string of the molecule is COCCCCSCCN1C(=O)CC[C@@H]1/C=C/[C@@H](O)Cc1ccc(F)cc1. The van der Waals surface area contributed by atoms with E-state index in [0.29, 0.717) is 12.8 Å². The van der Waals surface area contributed by atoms with Gasteiger partial charge in [-0.05, 0) is 42.7 Å². The highest BCUT2D eigenvalue weighted by atomic mass is 32.2. The number of amides is 1. The third-order valence-corrected chi connectivity index (χ3v) is 5.70. The van der Waals surface area contributed by atoms with Gasteiger partial charge in [0.1, 0.15) is 5.82 Å². The minimum atomic E-state index is -0.636. The van der Waals surface area contributed by atoms with E-state index in [4.69, 9.17) is 4.74 Å². The van der Waals surface area contributed by atoms with Gasteiger partial charge in [0.25, 0.3) is 0 Å². The van der Waals surface area contributed by atoms with Crippen molar-refractivity contribution in [1.82, 2.24) is 4.90 Å². The van der Waals surface area contributed by atoms with E-state index in [1.165, 1.54) is 12.1 Å². The second-order valence-corrected chi connectivity index (χ2v) is 8.01. The number of carbonyl (C=O) groups excluding carboxylic acids is 1. The van der Waals surface area contributed by atoms with Crippen LogP contribution in [0.15, 0.2) is 36.4 Å². The standard InChI is InChI=1S/C21H30FNO3S/c1-26-13-2-3-14-27-15-12-23-19(9-11-21(23)25)8-10-20(24)16-17-4-6-18(22)7-5-17/h4-8,10,19-20,24H,2-3,9,11-16H2,1H3/b10-8+/t19-,20+/m0/s1. The zero-order chi connectivity index (χ0) is 19.5. The first kappa shape index (κ1) is 21.9. The Labute approximate surface area is 165 Å². The molecule has 1 aromatic rings. The summed E-state index contributed by atoms with van der Waals surface area (Å²) in [4.78, 5) is 14.0. The summed E-state index contributed by atoms with van der Waals surface area (Å²) in [6, 6.07) is 6.23. The first-order valence-electron chi connectivity index (χ1n) is 9.57. The maximum atomic E-state index is 12.9. The fourth-order valence-corrected chi connectivity index (χ4v) is 4.09. The summed E-state index contributed by atoms with van der Waals surface area (Å²) in [5.41, 5.74) is 0.887. The van der Waals surface area contributed by atoms with Gasteiger partial charge in [0.15, 0.2) is 0 Å². The maximum Gasteiger partial charge on any atom is 0.223 e. The van der Waals surface area contributed by atoms with Gasteiger partial charge >= 0.3 is 0 Å². The molecule has 0 aromatic heterocycles. The average Bonchev–Trinajstić information content (AvgIpc) is 3.01. The van der Waals surface area contributed by atoms with E-state index in [1.54, 1.807) is 25.3 Å². The number of benzene rings is 1. The Morgan fingerprint density at radius 2 is 2.11 bits per heavy atom. The van der Waals surface area contributed by atoms with E-state index < -0.39 is 6.10 Å². The topological polar surface area (TPSA) is 49.8 Å². The lowest BCUT2D eigenvalue weighted by atomic mass is 10.1. The number of hydrogen-bond donors (Lipinski definition) is 1. The first-order valence-corrected chi connectivity index (χ1v) is 10.7. The van der Waals surface area contributed by atoms with E-state index in [9.17, 15) is 14.3 Å². The van der Waals surface area contributed by atoms with Gasteiger partial charge in [0, 0.05) is 38.9 Å². The van der Waals surface area contributed by atoms with Crippen LogP contribution in [0, 0.1) is 5.82 Å². The molecule has 0 spiro atoms. The Bertz CT molecular complexity index is 594. The van der Waals surface area contributed by atoms with Gasteiger partial charge in [-0.25, -0.2) is 4.39 Å². The Balaban J connectivity index is 1.73. The average molecular weight is 396 g/mol. The fraction of sp³-hybridized carbons (Fsp3) is 0.571. The van der Waals surface area contributed by atoms with Gasteiger partial charge in [0.05, 0.1) is 12.1 Å². The van der Waals surface area contributed by atoms with Crippen molar-refractivity contribution in [2.45, 2.75) is 44.2 Å². The molecule has 0 unspecified atom stereocenters. The smallest absolute Gasteiger partial charge is 0.223 e. The number of likely N-dealkylation sites (tertiary alicyclic amines) is 1. The largest absolute Gasteiger partial charge is 0.389 e. The zero-order valence-electron chi connectivity index (χ0n) is 16.0. The highest BCUT2D eigenvalue weighted by Crippen LogP contribution is 2.21. The Kier molecular flexibility index (Phi) is 9.87. The molecule has 2 atom stereocenters. The van der Waals surface area contributed by atoms with Crippen LogP contribution in [0.25, 0.3) is 0 Å². The van der Waals surface area contributed by atoms with Gasteiger partial charge in [-0.2, -0.15) is 11.8 Å². The van der Waals surface area contributed by atoms with E-state index in [1.807, 2.05) is 22.7 Å². The molecular weight excluding hydrogens is 365 g/mol. The highest BCUT2D eigenvalue weighted by Gasteiger charge is 2.28. The summed E-state index contributed by atoms with van der Waals surface area (Å²) in [5, 5.41) is 10.2. The highest BCUT2D eigenvalue weighted by molar-refractivity contribution is 7.99.